The molecule has 27 heavy (non-hydrogen) atoms. The lowest BCUT2D eigenvalue weighted by Gasteiger charge is -2.38. The van der Waals surface area contributed by atoms with E-state index in [0.29, 0.717) is 5.02 Å². The lowest BCUT2D eigenvalue weighted by Crippen LogP contribution is -3.00. The number of fused-ring (bicyclic) bond motifs is 3. The summed E-state index contributed by atoms with van der Waals surface area (Å²) in [6, 6.07) is 12.0. The van der Waals surface area contributed by atoms with E-state index in [1.807, 2.05) is 24.3 Å². The third kappa shape index (κ3) is 3.85. The van der Waals surface area contributed by atoms with Gasteiger partial charge in [0.15, 0.2) is 0 Å². The Kier molecular flexibility index (Phi) is 6.39. The Hall–Kier alpha value is -1.23. The van der Waals surface area contributed by atoms with Gasteiger partial charge in [0.1, 0.15) is 16.9 Å². The van der Waals surface area contributed by atoms with Crippen LogP contribution in [-0.2, 0) is 0 Å². The molecule has 2 heterocycles. The van der Waals surface area contributed by atoms with Crippen LogP contribution in [0.15, 0.2) is 40.8 Å². The van der Waals surface area contributed by atoms with Crippen molar-refractivity contribution in [2.24, 2.45) is 0 Å². The predicted molar refractivity (Wildman–Crippen MR) is 108 cm³/mol. The van der Waals surface area contributed by atoms with E-state index < -0.39 is 0 Å². The summed E-state index contributed by atoms with van der Waals surface area (Å²) in [6.45, 7) is 8.13. The van der Waals surface area contributed by atoms with Crippen molar-refractivity contribution in [3.63, 3.8) is 0 Å². The van der Waals surface area contributed by atoms with Crippen LogP contribution in [-0.4, -0.2) is 30.3 Å². The molecule has 0 saturated carbocycles. The van der Waals surface area contributed by atoms with Crippen LogP contribution in [0.2, 0.25) is 5.02 Å². The maximum Gasteiger partial charge on any atom is 0.233 e. The summed E-state index contributed by atoms with van der Waals surface area (Å²) in [4.78, 5) is 0. The van der Waals surface area contributed by atoms with Crippen LogP contribution in [0.1, 0.15) is 39.5 Å². The molecule has 0 spiro atoms. The first kappa shape index (κ1) is 20.5. The Morgan fingerprint density at radius 3 is 2.59 bits per heavy atom. The SMILES string of the molecule is CCCC[N+]1(CC)CCCC1Oc1ccc2c(c1)oc1cc(Cl)ccc12.[Br-]. The Labute approximate surface area is 176 Å². The molecule has 5 heteroatoms. The van der Waals surface area contributed by atoms with E-state index in [-0.39, 0.29) is 23.2 Å². The molecule has 0 aliphatic carbocycles. The topological polar surface area (TPSA) is 22.4 Å². The van der Waals surface area contributed by atoms with E-state index in [9.17, 15) is 0 Å². The average molecular weight is 453 g/mol. The largest absolute Gasteiger partial charge is 1.00 e. The highest BCUT2D eigenvalue weighted by molar-refractivity contribution is 6.31. The number of rotatable bonds is 6. The second-order valence-electron chi connectivity index (χ2n) is 7.45. The first-order valence-corrected chi connectivity index (χ1v) is 10.2. The van der Waals surface area contributed by atoms with Crippen LogP contribution in [0.4, 0.5) is 0 Å². The van der Waals surface area contributed by atoms with Gasteiger partial charge in [0.25, 0.3) is 0 Å². The van der Waals surface area contributed by atoms with Crippen LogP contribution < -0.4 is 21.7 Å². The highest BCUT2D eigenvalue weighted by atomic mass is 79.9. The lowest BCUT2D eigenvalue weighted by molar-refractivity contribution is -0.954. The van der Waals surface area contributed by atoms with Crippen molar-refractivity contribution >= 4 is 33.5 Å². The van der Waals surface area contributed by atoms with Crippen molar-refractivity contribution < 1.29 is 30.6 Å². The third-order valence-corrected chi connectivity index (χ3v) is 6.17. The summed E-state index contributed by atoms with van der Waals surface area (Å²) in [5, 5.41) is 2.90. The Morgan fingerprint density at radius 2 is 1.85 bits per heavy atom. The molecule has 0 N–H and O–H groups in total. The molecular weight excluding hydrogens is 426 g/mol. The van der Waals surface area contributed by atoms with Crippen molar-refractivity contribution in [3.05, 3.63) is 41.4 Å². The molecule has 0 amide bonds. The van der Waals surface area contributed by atoms with E-state index in [4.69, 9.17) is 20.8 Å². The van der Waals surface area contributed by atoms with Crippen LogP contribution in [0.3, 0.4) is 0 Å². The number of hydrogen-bond acceptors (Lipinski definition) is 2. The van der Waals surface area contributed by atoms with Crippen LogP contribution in [0.5, 0.6) is 5.75 Å². The molecule has 1 aliphatic heterocycles. The van der Waals surface area contributed by atoms with Crippen molar-refractivity contribution in [1.82, 2.24) is 0 Å². The molecule has 2 atom stereocenters. The van der Waals surface area contributed by atoms with Gasteiger partial charge < -0.3 is 26.1 Å². The summed E-state index contributed by atoms with van der Waals surface area (Å²) < 4.78 is 13.6. The zero-order chi connectivity index (χ0) is 18.1. The fraction of sp³-hybridized carbons (Fsp3) is 0.455. The van der Waals surface area contributed by atoms with E-state index in [0.717, 1.165) is 45.1 Å². The minimum Gasteiger partial charge on any atom is -1.00 e. The Morgan fingerprint density at radius 1 is 1.11 bits per heavy atom. The first-order chi connectivity index (χ1) is 12.6. The highest BCUT2D eigenvalue weighted by Gasteiger charge is 2.41. The zero-order valence-corrected chi connectivity index (χ0v) is 18.4. The predicted octanol–water partition coefficient (Wildman–Crippen LogP) is 3.38. The smallest absolute Gasteiger partial charge is 0.233 e. The molecule has 3 nitrogen and oxygen atoms in total. The van der Waals surface area contributed by atoms with E-state index >= 15 is 0 Å². The molecule has 1 aromatic heterocycles. The quantitative estimate of drug-likeness (QED) is 0.535. The molecule has 1 saturated heterocycles. The number of furan rings is 1. The fourth-order valence-corrected chi connectivity index (χ4v) is 4.54. The maximum atomic E-state index is 6.49. The van der Waals surface area contributed by atoms with Gasteiger partial charge in [0.2, 0.25) is 6.23 Å². The molecule has 2 unspecified atom stereocenters. The van der Waals surface area contributed by atoms with Crippen LogP contribution in [0.25, 0.3) is 21.9 Å². The highest BCUT2D eigenvalue weighted by Crippen LogP contribution is 2.35. The molecule has 0 radical (unpaired) electrons. The van der Waals surface area contributed by atoms with Crippen LogP contribution in [0, 0.1) is 0 Å². The summed E-state index contributed by atoms with van der Waals surface area (Å²) in [7, 11) is 0. The van der Waals surface area contributed by atoms with Crippen molar-refractivity contribution in [2.45, 2.75) is 45.8 Å². The van der Waals surface area contributed by atoms with Gasteiger partial charge >= 0.3 is 0 Å². The Balaban J connectivity index is 0.00000210. The number of unbranched alkanes of at least 4 members (excludes halogenated alkanes) is 1. The molecule has 2 aromatic carbocycles. The van der Waals surface area contributed by atoms with Gasteiger partial charge in [-0.15, -0.1) is 0 Å². The molecular formula is C22H27BrClNO2. The third-order valence-electron chi connectivity index (χ3n) is 5.93. The average Bonchev–Trinajstić information content (AvgIpc) is 3.20. The van der Waals surface area contributed by atoms with E-state index in [1.54, 1.807) is 0 Å². The van der Waals surface area contributed by atoms with E-state index in [2.05, 4.69) is 26.0 Å². The molecule has 146 valence electrons. The zero-order valence-electron chi connectivity index (χ0n) is 16.0. The fourth-order valence-electron chi connectivity index (χ4n) is 4.38. The number of hydrogen-bond donors (Lipinski definition) is 0. The van der Waals surface area contributed by atoms with Crippen molar-refractivity contribution in [2.75, 3.05) is 19.6 Å². The monoisotopic (exact) mass is 451 g/mol. The van der Waals surface area contributed by atoms with Gasteiger partial charge in [-0.05, 0) is 37.6 Å². The molecule has 3 aromatic rings. The van der Waals surface area contributed by atoms with Gasteiger partial charge in [0, 0.05) is 40.8 Å². The first-order valence-electron chi connectivity index (χ1n) is 9.79. The number of benzene rings is 2. The molecule has 1 aliphatic rings. The number of ether oxygens (including phenoxy) is 1. The van der Waals surface area contributed by atoms with Gasteiger partial charge in [-0.3, -0.25) is 4.48 Å². The number of halogens is 2. The van der Waals surface area contributed by atoms with E-state index in [1.165, 1.54) is 32.4 Å². The minimum absolute atomic E-state index is 0. The maximum absolute atomic E-state index is 6.49. The molecule has 0 bridgehead atoms. The van der Waals surface area contributed by atoms with Gasteiger partial charge in [-0.25, -0.2) is 0 Å². The second kappa shape index (κ2) is 8.42. The molecule has 1 fully saturated rings. The second-order valence-corrected chi connectivity index (χ2v) is 7.89. The summed E-state index contributed by atoms with van der Waals surface area (Å²) in [5.41, 5.74) is 1.69. The van der Waals surface area contributed by atoms with Gasteiger partial charge in [-0.1, -0.05) is 24.9 Å². The van der Waals surface area contributed by atoms with Crippen molar-refractivity contribution in [1.29, 1.82) is 0 Å². The lowest BCUT2D eigenvalue weighted by atomic mass is 10.1. The normalized spacial score (nSPS) is 22.3. The van der Waals surface area contributed by atoms with Crippen molar-refractivity contribution in [3.8, 4) is 5.75 Å². The summed E-state index contributed by atoms with van der Waals surface area (Å²) in [6.07, 6.45) is 5.12. The number of likely N-dealkylation sites (tertiary alicyclic amines) is 1. The number of nitrogens with zero attached hydrogens (tertiary/aromatic N) is 1. The number of quaternary nitrogens is 1. The van der Waals surface area contributed by atoms with Gasteiger partial charge in [-0.2, -0.15) is 0 Å². The Bertz CT molecular complexity index is 925. The standard InChI is InChI=1S/C22H27ClNO2.BrH/c1-3-5-12-24(4-2)13-6-7-22(24)25-17-9-11-19-18-10-8-16(23)14-20(18)26-21(19)15-17;/h8-11,14-15,22H,3-7,12-13H2,1-2H3;1H/q+1;/p-1. The summed E-state index contributed by atoms with van der Waals surface area (Å²) >= 11 is 6.09. The molecule has 4 rings (SSSR count). The summed E-state index contributed by atoms with van der Waals surface area (Å²) in [5.74, 6) is 0.905. The van der Waals surface area contributed by atoms with Gasteiger partial charge in [0.05, 0.1) is 19.6 Å². The minimum atomic E-state index is 0. The van der Waals surface area contributed by atoms with Crippen LogP contribution >= 0.6 is 11.6 Å².